The van der Waals surface area contributed by atoms with Crippen LogP contribution in [-0.4, -0.2) is 39.6 Å². The van der Waals surface area contributed by atoms with Crippen molar-refractivity contribution in [1.29, 1.82) is 0 Å². The Bertz CT molecular complexity index is 454. The minimum atomic E-state index is 0.328. The first-order valence-corrected chi connectivity index (χ1v) is 7.49. The SMILES string of the molecule is Cn1nccc1CCN1CCCC1C1CCCC1=O. The van der Waals surface area contributed by atoms with Crippen LogP contribution >= 0.6 is 0 Å². The molecule has 1 saturated heterocycles. The topological polar surface area (TPSA) is 38.1 Å². The lowest BCUT2D eigenvalue weighted by Crippen LogP contribution is -2.38. The van der Waals surface area contributed by atoms with Crippen molar-refractivity contribution in [3.63, 3.8) is 0 Å². The molecule has 0 radical (unpaired) electrons. The van der Waals surface area contributed by atoms with Gasteiger partial charge in [0.1, 0.15) is 5.78 Å². The van der Waals surface area contributed by atoms with Crippen molar-refractivity contribution in [3.05, 3.63) is 18.0 Å². The van der Waals surface area contributed by atoms with Gasteiger partial charge in [0.2, 0.25) is 0 Å². The fourth-order valence-electron chi connectivity index (χ4n) is 3.74. The summed E-state index contributed by atoms with van der Waals surface area (Å²) in [4.78, 5) is 14.5. The fourth-order valence-corrected chi connectivity index (χ4v) is 3.74. The molecule has 0 N–H and O–H groups in total. The molecule has 19 heavy (non-hydrogen) atoms. The molecular formula is C15H23N3O. The number of aromatic nitrogens is 2. The second-order valence-corrected chi connectivity index (χ2v) is 5.91. The van der Waals surface area contributed by atoms with Gasteiger partial charge in [0.05, 0.1) is 0 Å². The maximum absolute atomic E-state index is 12.0. The van der Waals surface area contributed by atoms with Crippen LogP contribution in [0.15, 0.2) is 12.3 Å². The number of Topliss-reactive ketones (excluding diaryl/α,β-unsaturated/α-hetero) is 1. The molecule has 4 heteroatoms. The van der Waals surface area contributed by atoms with E-state index in [-0.39, 0.29) is 0 Å². The Labute approximate surface area is 114 Å². The first kappa shape index (κ1) is 12.9. The van der Waals surface area contributed by atoms with Crippen LogP contribution in [0.1, 0.15) is 37.8 Å². The highest BCUT2D eigenvalue weighted by Gasteiger charge is 2.37. The average molecular weight is 261 g/mol. The van der Waals surface area contributed by atoms with Crippen LogP contribution in [0.5, 0.6) is 0 Å². The van der Waals surface area contributed by atoms with Crippen LogP contribution in [0.4, 0.5) is 0 Å². The summed E-state index contributed by atoms with van der Waals surface area (Å²) in [7, 11) is 2.00. The van der Waals surface area contributed by atoms with Crippen LogP contribution in [0.3, 0.4) is 0 Å². The van der Waals surface area contributed by atoms with Crippen LogP contribution in [-0.2, 0) is 18.3 Å². The van der Waals surface area contributed by atoms with E-state index in [2.05, 4.69) is 16.1 Å². The minimum absolute atomic E-state index is 0.328. The fraction of sp³-hybridized carbons (Fsp3) is 0.733. The van der Waals surface area contributed by atoms with Gasteiger partial charge in [0.15, 0.2) is 0 Å². The quantitative estimate of drug-likeness (QED) is 0.829. The zero-order valence-corrected chi connectivity index (χ0v) is 11.7. The molecule has 2 unspecified atom stereocenters. The molecule has 1 aliphatic carbocycles. The summed E-state index contributed by atoms with van der Waals surface area (Å²) in [6.07, 6.45) is 8.39. The summed E-state index contributed by atoms with van der Waals surface area (Å²) in [5.41, 5.74) is 1.28. The van der Waals surface area contributed by atoms with Crippen LogP contribution < -0.4 is 0 Å². The summed E-state index contributed by atoms with van der Waals surface area (Å²) in [5, 5.41) is 4.21. The van der Waals surface area contributed by atoms with Gasteiger partial charge in [0, 0.05) is 50.3 Å². The maximum Gasteiger partial charge on any atom is 0.137 e. The van der Waals surface area contributed by atoms with E-state index in [1.807, 2.05) is 17.9 Å². The van der Waals surface area contributed by atoms with Crippen molar-refractivity contribution in [2.45, 2.75) is 44.6 Å². The number of carbonyl (C=O) groups excluding carboxylic acids is 1. The number of carbonyl (C=O) groups is 1. The first-order chi connectivity index (χ1) is 9.25. The normalized spacial score (nSPS) is 28.4. The molecule has 0 bridgehead atoms. The zero-order valence-electron chi connectivity index (χ0n) is 11.7. The Balaban J connectivity index is 1.60. The van der Waals surface area contributed by atoms with Crippen molar-refractivity contribution >= 4 is 5.78 Å². The van der Waals surface area contributed by atoms with Crippen molar-refractivity contribution < 1.29 is 4.79 Å². The zero-order chi connectivity index (χ0) is 13.2. The predicted molar refractivity (Wildman–Crippen MR) is 73.9 cm³/mol. The molecule has 2 heterocycles. The van der Waals surface area contributed by atoms with E-state index in [4.69, 9.17) is 0 Å². The van der Waals surface area contributed by atoms with Gasteiger partial charge in [-0.15, -0.1) is 0 Å². The average Bonchev–Trinajstić information content (AvgIpc) is 3.08. The number of aryl methyl sites for hydroxylation is 1. The Morgan fingerprint density at radius 1 is 1.37 bits per heavy atom. The molecule has 104 valence electrons. The van der Waals surface area contributed by atoms with Crippen molar-refractivity contribution in [2.24, 2.45) is 13.0 Å². The van der Waals surface area contributed by atoms with Gasteiger partial charge in [0.25, 0.3) is 0 Å². The third kappa shape index (κ3) is 2.59. The molecule has 0 spiro atoms. The third-order valence-corrected chi connectivity index (χ3v) is 4.81. The highest BCUT2D eigenvalue weighted by molar-refractivity contribution is 5.83. The van der Waals surface area contributed by atoms with Gasteiger partial charge in [-0.3, -0.25) is 14.4 Å². The van der Waals surface area contributed by atoms with Gasteiger partial charge in [-0.25, -0.2) is 0 Å². The first-order valence-electron chi connectivity index (χ1n) is 7.49. The molecule has 4 nitrogen and oxygen atoms in total. The number of rotatable bonds is 4. The van der Waals surface area contributed by atoms with Crippen molar-refractivity contribution in [1.82, 2.24) is 14.7 Å². The molecule has 0 aromatic carbocycles. The number of ketones is 1. The van der Waals surface area contributed by atoms with Crippen LogP contribution in [0.25, 0.3) is 0 Å². The molecule has 1 saturated carbocycles. The Morgan fingerprint density at radius 3 is 2.95 bits per heavy atom. The molecular weight excluding hydrogens is 238 g/mol. The van der Waals surface area contributed by atoms with Gasteiger partial charge in [-0.05, 0) is 38.3 Å². The monoisotopic (exact) mass is 261 g/mol. The van der Waals surface area contributed by atoms with E-state index in [0.717, 1.165) is 38.8 Å². The molecule has 3 rings (SSSR count). The highest BCUT2D eigenvalue weighted by atomic mass is 16.1. The van der Waals surface area contributed by atoms with Gasteiger partial charge in [-0.2, -0.15) is 5.10 Å². The van der Waals surface area contributed by atoms with Crippen molar-refractivity contribution in [3.8, 4) is 0 Å². The summed E-state index contributed by atoms with van der Waals surface area (Å²) in [6.45, 7) is 2.22. The smallest absolute Gasteiger partial charge is 0.137 e. The number of hydrogen-bond donors (Lipinski definition) is 0. The molecule has 1 aromatic heterocycles. The maximum atomic E-state index is 12.0. The van der Waals surface area contributed by atoms with E-state index < -0.39 is 0 Å². The number of nitrogens with zero attached hydrogens (tertiary/aromatic N) is 3. The largest absolute Gasteiger partial charge is 0.299 e. The molecule has 2 aliphatic rings. The molecule has 1 aromatic rings. The van der Waals surface area contributed by atoms with Crippen molar-refractivity contribution in [2.75, 3.05) is 13.1 Å². The highest BCUT2D eigenvalue weighted by Crippen LogP contribution is 2.33. The minimum Gasteiger partial charge on any atom is -0.299 e. The predicted octanol–water partition coefficient (Wildman–Crippen LogP) is 1.80. The van der Waals surface area contributed by atoms with E-state index in [0.29, 0.717) is 17.7 Å². The summed E-state index contributed by atoms with van der Waals surface area (Å²) >= 11 is 0. The number of hydrogen-bond acceptors (Lipinski definition) is 3. The van der Waals surface area contributed by atoms with E-state index in [1.165, 1.54) is 18.5 Å². The van der Waals surface area contributed by atoms with Gasteiger partial charge >= 0.3 is 0 Å². The second kappa shape index (κ2) is 5.45. The van der Waals surface area contributed by atoms with E-state index >= 15 is 0 Å². The summed E-state index contributed by atoms with van der Waals surface area (Å²) in [6, 6.07) is 2.61. The molecule has 1 aliphatic heterocycles. The standard InChI is InChI=1S/C15H23N3O/c1-17-12(7-9-16-17)8-11-18-10-3-5-14(18)13-4-2-6-15(13)19/h7,9,13-14H,2-6,8,10-11H2,1H3. The lowest BCUT2D eigenvalue weighted by Gasteiger charge is -2.28. The lowest BCUT2D eigenvalue weighted by atomic mass is 9.95. The molecule has 2 atom stereocenters. The van der Waals surface area contributed by atoms with Gasteiger partial charge in [-0.1, -0.05) is 0 Å². The summed E-state index contributed by atoms with van der Waals surface area (Å²) in [5.74, 6) is 0.839. The number of likely N-dealkylation sites (tertiary alicyclic amines) is 1. The second-order valence-electron chi connectivity index (χ2n) is 5.91. The molecule has 0 amide bonds. The summed E-state index contributed by atoms with van der Waals surface area (Å²) < 4.78 is 1.95. The Kier molecular flexibility index (Phi) is 3.69. The van der Waals surface area contributed by atoms with Gasteiger partial charge < -0.3 is 0 Å². The van der Waals surface area contributed by atoms with Crippen LogP contribution in [0.2, 0.25) is 0 Å². The Hall–Kier alpha value is -1.16. The Morgan fingerprint density at radius 2 is 2.26 bits per heavy atom. The van der Waals surface area contributed by atoms with E-state index in [9.17, 15) is 4.79 Å². The lowest BCUT2D eigenvalue weighted by molar-refractivity contribution is -0.122. The van der Waals surface area contributed by atoms with E-state index in [1.54, 1.807) is 0 Å². The molecule has 2 fully saturated rings. The third-order valence-electron chi connectivity index (χ3n) is 4.81. The van der Waals surface area contributed by atoms with Crippen LogP contribution in [0, 0.1) is 5.92 Å².